The van der Waals surface area contributed by atoms with Gasteiger partial charge in [0.05, 0.1) is 0 Å². The Balaban J connectivity index is 3.52. The lowest BCUT2D eigenvalue weighted by Crippen LogP contribution is -2.11. The molecule has 0 amide bonds. The third kappa shape index (κ3) is 20.5. The minimum Gasteiger partial charge on any atom is -0.381 e. The summed E-state index contributed by atoms with van der Waals surface area (Å²) in [7, 11) is 0. The maximum Gasteiger partial charge on any atom is 0.0471 e. The van der Waals surface area contributed by atoms with E-state index in [-0.39, 0.29) is 0 Å². The third-order valence-electron chi connectivity index (χ3n) is 6.02. The average Bonchev–Trinajstić information content (AvgIpc) is 2.53. The molecule has 0 aromatic rings. The van der Waals surface area contributed by atoms with Gasteiger partial charge in [0.1, 0.15) is 0 Å². The molecule has 0 fully saturated rings. The first-order valence-corrected chi connectivity index (χ1v) is 12.2. The second-order valence-electron chi connectivity index (χ2n) is 11.2. The van der Waals surface area contributed by atoms with Gasteiger partial charge in [-0.25, -0.2) is 0 Å². The molecule has 0 saturated carbocycles. The van der Waals surface area contributed by atoms with E-state index in [9.17, 15) is 0 Å². The van der Waals surface area contributed by atoms with Crippen molar-refractivity contribution in [1.82, 2.24) is 0 Å². The van der Waals surface area contributed by atoms with Crippen LogP contribution >= 0.6 is 0 Å². The fourth-order valence-corrected chi connectivity index (χ4v) is 3.70. The second-order valence-corrected chi connectivity index (χ2v) is 11.2. The van der Waals surface area contributed by atoms with E-state index in [1.54, 1.807) is 0 Å². The summed E-state index contributed by atoms with van der Waals surface area (Å²) >= 11 is 0. The number of ether oxygens (including phenoxy) is 1. The first kappa shape index (κ1) is 27.0. The topological polar surface area (TPSA) is 9.23 Å². The van der Waals surface area contributed by atoms with Crippen molar-refractivity contribution < 1.29 is 4.74 Å². The molecule has 27 heavy (non-hydrogen) atoms. The molecule has 164 valence electrons. The third-order valence-corrected chi connectivity index (χ3v) is 6.02. The molecule has 0 aromatic heterocycles. The van der Waals surface area contributed by atoms with Gasteiger partial charge in [-0.15, -0.1) is 0 Å². The molecular weight excluding hydrogens is 328 g/mol. The maximum atomic E-state index is 5.82. The first-order chi connectivity index (χ1) is 12.6. The molecule has 0 heterocycles. The fourth-order valence-electron chi connectivity index (χ4n) is 3.70. The van der Waals surface area contributed by atoms with Crippen molar-refractivity contribution in [3.8, 4) is 0 Å². The summed E-state index contributed by atoms with van der Waals surface area (Å²) in [6.07, 6.45) is 15.1. The van der Waals surface area contributed by atoms with Gasteiger partial charge in [0.15, 0.2) is 0 Å². The second kappa shape index (κ2) is 15.8. The van der Waals surface area contributed by atoms with E-state index in [4.69, 9.17) is 4.74 Å². The van der Waals surface area contributed by atoms with E-state index >= 15 is 0 Å². The summed E-state index contributed by atoms with van der Waals surface area (Å²) in [5, 5.41) is 0. The predicted octanol–water partition coefficient (Wildman–Crippen LogP) is 8.90. The van der Waals surface area contributed by atoms with Crippen molar-refractivity contribution in [2.45, 2.75) is 126 Å². The lowest BCUT2D eigenvalue weighted by molar-refractivity contribution is 0.0973. The van der Waals surface area contributed by atoms with Crippen LogP contribution in [0.15, 0.2) is 0 Å². The Labute approximate surface area is 173 Å². The van der Waals surface area contributed by atoms with Gasteiger partial charge in [0.2, 0.25) is 0 Å². The molecule has 0 saturated heterocycles. The molecule has 0 rings (SSSR count). The van der Waals surface area contributed by atoms with E-state index in [1.807, 2.05) is 0 Å². The van der Waals surface area contributed by atoms with Crippen LogP contribution in [0.3, 0.4) is 0 Å². The van der Waals surface area contributed by atoms with Crippen molar-refractivity contribution >= 4 is 0 Å². The van der Waals surface area contributed by atoms with Gasteiger partial charge in [0, 0.05) is 13.2 Å². The van der Waals surface area contributed by atoms with Crippen LogP contribution in [0.1, 0.15) is 126 Å². The van der Waals surface area contributed by atoms with Crippen molar-refractivity contribution in [1.29, 1.82) is 0 Å². The Morgan fingerprint density at radius 2 is 0.963 bits per heavy atom. The Morgan fingerprint density at radius 1 is 0.556 bits per heavy atom. The number of rotatable bonds is 17. The Morgan fingerprint density at radius 3 is 1.37 bits per heavy atom. The van der Waals surface area contributed by atoms with Gasteiger partial charge >= 0.3 is 0 Å². The highest BCUT2D eigenvalue weighted by Crippen LogP contribution is 2.23. The molecule has 0 radical (unpaired) electrons. The largest absolute Gasteiger partial charge is 0.381 e. The van der Waals surface area contributed by atoms with E-state index in [0.717, 1.165) is 43.3 Å². The molecule has 0 aliphatic rings. The van der Waals surface area contributed by atoms with Crippen LogP contribution in [-0.2, 0) is 4.74 Å². The van der Waals surface area contributed by atoms with Gasteiger partial charge < -0.3 is 4.74 Å². The summed E-state index contributed by atoms with van der Waals surface area (Å²) in [6.45, 7) is 20.7. The minimum atomic E-state index is 0.396. The van der Waals surface area contributed by atoms with E-state index in [1.165, 1.54) is 64.2 Å². The van der Waals surface area contributed by atoms with E-state index in [0.29, 0.717) is 5.41 Å². The van der Waals surface area contributed by atoms with Crippen LogP contribution in [0.4, 0.5) is 0 Å². The quantitative estimate of drug-likeness (QED) is 0.228. The molecule has 0 spiro atoms. The fraction of sp³-hybridized carbons (Fsp3) is 1.00. The van der Waals surface area contributed by atoms with E-state index < -0.39 is 0 Å². The van der Waals surface area contributed by atoms with Gasteiger partial charge in [-0.3, -0.25) is 0 Å². The zero-order valence-corrected chi connectivity index (χ0v) is 20.4. The standard InChI is InChI=1S/C26H54O/c1-22(2)12-9-13-23(3)14-10-15-24(4)16-11-17-25(5)18-20-27-21-19-26(6,7)8/h22-25H,9-21H2,1-8H3. The normalized spacial score (nSPS) is 15.9. The van der Waals surface area contributed by atoms with Gasteiger partial charge in [-0.2, -0.15) is 0 Å². The average molecular weight is 383 g/mol. The van der Waals surface area contributed by atoms with Gasteiger partial charge in [-0.05, 0) is 41.9 Å². The Hall–Kier alpha value is -0.0400. The van der Waals surface area contributed by atoms with Crippen LogP contribution in [0, 0.1) is 29.1 Å². The zero-order valence-electron chi connectivity index (χ0n) is 20.4. The first-order valence-electron chi connectivity index (χ1n) is 12.2. The molecule has 0 aliphatic heterocycles. The maximum absolute atomic E-state index is 5.82. The van der Waals surface area contributed by atoms with Crippen molar-refractivity contribution in [2.75, 3.05) is 13.2 Å². The molecule has 0 aliphatic carbocycles. The molecule has 1 heteroatoms. The molecule has 0 N–H and O–H groups in total. The molecule has 0 aromatic carbocycles. The zero-order chi connectivity index (χ0) is 20.7. The molecule has 3 unspecified atom stereocenters. The minimum absolute atomic E-state index is 0.396. The van der Waals surface area contributed by atoms with Crippen molar-refractivity contribution in [2.24, 2.45) is 29.1 Å². The lowest BCUT2D eigenvalue weighted by Gasteiger charge is -2.18. The van der Waals surface area contributed by atoms with Gasteiger partial charge in [0.25, 0.3) is 0 Å². The van der Waals surface area contributed by atoms with Gasteiger partial charge in [-0.1, -0.05) is 113 Å². The number of hydrogen-bond acceptors (Lipinski definition) is 1. The van der Waals surface area contributed by atoms with Crippen molar-refractivity contribution in [3.05, 3.63) is 0 Å². The van der Waals surface area contributed by atoms with E-state index in [2.05, 4.69) is 55.4 Å². The summed E-state index contributed by atoms with van der Waals surface area (Å²) in [5.41, 5.74) is 0.396. The van der Waals surface area contributed by atoms with Crippen LogP contribution < -0.4 is 0 Å². The lowest BCUT2D eigenvalue weighted by atomic mass is 9.91. The Bertz CT molecular complexity index is 315. The summed E-state index contributed by atoms with van der Waals surface area (Å²) < 4.78 is 5.82. The SMILES string of the molecule is CC(C)CCCC(C)CCCC(C)CCCC(C)CCOCCC(C)(C)C. The van der Waals surface area contributed by atoms with Crippen LogP contribution in [0.2, 0.25) is 0 Å². The highest BCUT2D eigenvalue weighted by Gasteiger charge is 2.10. The summed E-state index contributed by atoms with van der Waals surface area (Å²) in [6, 6.07) is 0. The highest BCUT2D eigenvalue weighted by atomic mass is 16.5. The predicted molar refractivity (Wildman–Crippen MR) is 123 cm³/mol. The Kier molecular flexibility index (Phi) is 15.8. The van der Waals surface area contributed by atoms with Crippen LogP contribution in [0.25, 0.3) is 0 Å². The smallest absolute Gasteiger partial charge is 0.0471 e. The molecular formula is C26H54O. The summed E-state index contributed by atoms with van der Waals surface area (Å²) in [4.78, 5) is 0. The molecule has 3 atom stereocenters. The van der Waals surface area contributed by atoms with Crippen LogP contribution in [-0.4, -0.2) is 13.2 Å². The molecule has 0 bridgehead atoms. The van der Waals surface area contributed by atoms with Crippen LogP contribution in [0.5, 0.6) is 0 Å². The summed E-state index contributed by atoms with van der Waals surface area (Å²) in [5.74, 6) is 3.51. The highest BCUT2D eigenvalue weighted by molar-refractivity contribution is 4.62. The number of hydrogen-bond donors (Lipinski definition) is 0. The monoisotopic (exact) mass is 382 g/mol. The molecule has 1 nitrogen and oxygen atoms in total. The van der Waals surface area contributed by atoms with Crippen molar-refractivity contribution in [3.63, 3.8) is 0 Å².